The van der Waals surface area contributed by atoms with Crippen molar-refractivity contribution in [2.45, 2.75) is 93.8 Å². The highest BCUT2D eigenvalue weighted by molar-refractivity contribution is 5.91. The Morgan fingerprint density at radius 3 is 1.49 bits per heavy atom. The Balaban J connectivity index is 1.59. The third-order valence-electron chi connectivity index (χ3n) is 9.66. The van der Waals surface area contributed by atoms with Crippen LogP contribution in [0.2, 0.25) is 0 Å². The van der Waals surface area contributed by atoms with Crippen molar-refractivity contribution in [3.8, 4) is 0 Å². The maximum atomic E-state index is 13.4. The first-order valence-electron chi connectivity index (χ1n) is 17.5. The van der Waals surface area contributed by atoms with E-state index >= 15 is 0 Å². The molecule has 0 radical (unpaired) electrons. The van der Waals surface area contributed by atoms with Crippen LogP contribution in [0.1, 0.15) is 19.8 Å². The number of hydrogen-bond acceptors (Lipinski definition) is 22. The number of hydrogen-bond donors (Lipinski definition) is 8. The van der Waals surface area contributed by atoms with Crippen molar-refractivity contribution in [1.82, 2.24) is 0 Å². The van der Waals surface area contributed by atoms with Crippen LogP contribution in [-0.2, 0) is 66.5 Å². The highest BCUT2D eigenvalue weighted by atomic mass is 16.8. The molecule has 0 bridgehead atoms. The topological polar surface area (TPSA) is 322 Å². The lowest BCUT2D eigenvalue weighted by atomic mass is 9.86. The standard InChI is InChI=1S/C35H48O22/c1-5-14-16(18(30(46)49-3)12-52-32(14)56-34-28(44)26(42)24(40)20(10-36)54-34)9-23(39)51-7-6-15-17(8-22(38)48-2)19(31(47)50-4)13-53-33(15)57-35-29(45)27(43)25(41)21(11-37)55-35/h5-6,12-13,16-17,20-21,24-29,32-37,40-45H,7-11H2,1-4H3/b14-5+,15-6+/t16-,17?,20+,21+,24+,25+,26-,27-,28+,29+,32-,33-,34-,35-/m0/s1. The van der Waals surface area contributed by atoms with Crippen LogP contribution in [0.3, 0.4) is 0 Å². The van der Waals surface area contributed by atoms with Gasteiger partial charge in [0.15, 0.2) is 12.6 Å². The summed E-state index contributed by atoms with van der Waals surface area (Å²) >= 11 is 0. The summed E-state index contributed by atoms with van der Waals surface area (Å²) in [6.07, 6.45) is -16.3. The van der Waals surface area contributed by atoms with Gasteiger partial charge in [0, 0.05) is 23.0 Å². The fourth-order valence-corrected chi connectivity index (χ4v) is 6.46. The predicted molar refractivity (Wildman–Crippen MR) is 181 cm³/mol. The number of carbonyl (C=O) groups is 4. The first kappa shape index (κ1) is 45.7. The van der Waals surface area contributed by atoms with Crippen LogP contribution in [0.25, 0.3) is 0 Å². The molecule has 2 fully saturated rings. The number of esters is 4. The van der Waals surface area contributed by atoms with Gasteiger partial charge in [-0.1, -0.05) is 6.08 Å². The van der Waals surface area contributed by atoms with Crippen LogP contribution in [0.15, 0.2) is 47.0 Å². The third kappa shape index (κ3) is 10.3. The molecule has 4 aliphatic heterocycles. The van der Waals surface area contributed by atoms with Gasteiger partial charge in [-0.3, -0.25) is 9.59 Å². The number of ether oxygens (including phenoxy) is 10. The molecule has 0 amide bonds. The number of aliphatic hydroxyl groups excluding tert-OH is 8. The van der Waals surface area contributed by atoms with Crippen molar-refractivity contribution in [2.75, 3.05) is 41.2 Å². The monoisotopic (exact) mass is 820 g/mol. The average molecular weight is 821 g/mol. The van der Waals surface area contributed by atoms with E-state index in [4.69, 9.17) is 47.4 Å². The van der Waals surface area contributed by atoms with Crippen molar-refractivity contribution >= 4 is 23.9 Å². The molecule has 320 valence electrons. The summed E-state index contributed by atoms with van der Waals surface area (Å²) < 4.78 is 53.5. The smallest absolute Gasteiger partial charge is 0.337 e. The second-order valence-corrected chi connectivity index (χ2v) is 13.0. The minimum Gasteiger partial charge on any atom is -0.469 e. The Labute approximate surface area is 325 Å². The summed E-state index contributed by atoms with van der Waals surface area (Å²) in [5.74, 6) is -5.87. The highest BCUT2D eigenvalue weighted by Crippen LogP contribution is 2.38. The molecule has 0 spiro atoms. The van der Waals surface area contributed by atoms with Gasteiger partial charge in [0.2, 0.25) is 12.6 Å². The van der Waals surface area contributed by atoms with Gasteiger partial charge < -0.3 is 88.2 Å². The summed E-state index contributed by atoms with van der Waals surface area (Å²) in [5, 5.41) is 81.1. The first-order valence-corrected chi connectivity index (χ1v) is 17.5. The Hall–Kier alpha value is -4.04. The van der Waals surface area contributed by atoms with E-state index in [2.05, 4.69) is 0 Å². The van der Waals surface area contributed by atoms with Crippen LogP contribution in [0, 0.1) is 11.8 Å². The van der Waals surface area contributed by atoms with Crippen molar-refractivity contribution in [3.63, 3.8) is 0 Å². The van der Waals surface area contributed by atoms with Gasteiger partial charge in [-0.25, -0.2) is 9.59 Å². The normalized spacial score (nSPS) is 36.9. The lowest BCUT2D eigenvalue weighted by Gasteiger charge is -2.42. The predicted octanol–water partition coefficient (Wildman–Crippen LogP) is -3.95. The molecule has 2 saturated heterocycles. The lowest BCUT2D eigenvalue weighted by Crippen LogP contribution is -2.60. The molecule has 0 aliphatic carbocycles. The van der Waals surface area contributed by atoms with Crippen molar-refractivity contribution < 1.29 is 107 Å². The maximum Gasteiger partial charge on any atom is 0.337 e. The Kier molecular flexibility index (Phi) is 16.5. The molecule has 57 heavy (non-hydrogen) atoms. The second-order valence-electron chi connectivity index (χ2n) is 13.0. The average Bonchev–Trinajstić information content (AvgIpc) is 3.21. The number of carbonyl (C=O) groups excluding carboxylic acids is 4. The molecular weight excluding hydrogens is 772 g/mol. The van der Waals surface area contributed by atoms with E-state index in [1.54, 1.807) is 0 Å². The van der Waals surface area contributed by atoms with Crippen LogP contribution in [0.4, 0.5) is 0 Å². The minimum atomic E-state index is -1.87. The molecule has 22 heteroatoms. The molecule has 14 atom stereocenters. The van der Waals surface area contributed by atoms with Crippen LogP contribution in [-0.4, -0.2) is 180 Å². The largest absolute Gasteiger partial charge is 0.469 e. The van der Waals surface area contributed by atoms with E-state index in [1.807, 2.05) is 0 Å². The summed E-state index contributed by atoms with van der Waals surface area (Å²) in [6.45, 7) is -0.575. The van der Waals surface area contributed by atoms with E-state index in [1.165, 1.54) is 19.1 Å². The first-order chi connectivity index (χ1) is 27.1. The van der Waals surface area contributed by atoms with E-state index < -0.39 is 142 Å². The molecule has 22 nitrogen and oxygen atoms in total. The van der Waals surface area contributed by atoms with Crippen molar-refractivity contribution in [3.05, 3.63) is 47.0 Å². The Bertz CT molecular complexity index is 1550. The number of allylic oxidation sites excluding steroid dienone is 1. The van der Waals surface area contributed by atoms with Gasteiger partial charge >= 0.3 is 23.9 Å². The summed E-state index contributed by atoms with van der Waals surface area (Å²) in [6, 6.07) is 0. The third-order valence-corrected chi connectivity index (χ3v) is 9.66. The van der Waals surface area contributed by atoms with Gasteiger partial charge in [0.05, 0.1) is 71.1 Å². The number of aliphatic hydroxyl groups is 8. The summed E-state index contributed by atoms with van der Waals surface area (Å²) in [7, 11) is 3.27. The maximum absolute atomic E-state index is 13.4. The number of rotatable bonds is 14. The lowest BCUT2D eigenvalue weighted by molar-refractivity contribution is -0.328. The zero-order chi connectivity index (χ0) is 42.1. The fraction of sp³-hybridized carbons (Fsp3) is 0.657. The molecule has 0 aromatic carbocycles. The van der Waals surface area contributed by atoms with Crippen molar-refractivity contribution in [2.24, 2.45) is 11.8 Å². The molecular formula is C35H48O22. The van der Waals surface area contributed by atoms with Gasteiger partial charge in [-0.05, 0) is 13.0 Å². The van der Waals surface area contributed by atoms with Gasteiger partial charge in [-0.15, -0.1) is 0 Å². The molecule has 0 aromatic rings. The Morgan fingerprint density at radius 2 is 1.07 bits per heavy atom. The summed E-state index contributed by atoms with van der Waals surface area (Å²) in [5.41, 5.74) is -0.233. The molecule has 1 unspecified atom stereocenters. The molecule has 4 aliphatic rings. The molecule has 4 heterocycles. The zero-order valence-electron chi connectivity index (χ0n) is 31.2. The fourth-order valence-electron chi connectivity index (χ4n) is 6.46. The van der Waals surface area contributed by atoms with Gasteiger partial charge in [-0.2, -0.15) is 0 Å². The van der Waals surface area contributed by atoms with E-state index in [-0.39, 0.29) is 22.3 Å². The quantitative estimate of drug-likeness (QED) is 0.0471. The second kappa shape index (κ2) is 20.6. The van der Waals surface area contributed by atoms with Crippen LogP contribution in [0.5, 0.6) is 0 Å². The van der Waals surface area contributed by atoms with Gasteiger partial charge in [0.25, 0.3) is 0 Å². The van der Waals surface area contributed by atoms with Crippen LogP contribution < -0.4 is 0 Å². The summed E-state index contributed by atoms with van der Waals surface area (Å²) in [4.78, 5) is 51.5. The molecule has 4 rings (SSSR count). The van der Waals surface area contributed by atoms with E-state index in [0.717, 1.165) is 33.9 Å². The molecule has 0 saturated carbocycles. The molecule has 8 N–H and O–H groups in total. The van der Waals surface area contributed by atoms with Crippen molar-refractivity contribution in [1.29, 1.82) is 0 Å². The number of methoxy groups -OCH3 is 3. The molecule has 0 aromatic heterocycles. The van der Waals surface area contributed by atoms with E-state index in [9.17, 15) is 60.0 Å². The van der Waals surface area contributed by atoms with Crippen LogP contribution >= 0.6 is 0 Å². The SMILES string of the molecule is C/C=C1/[C@H](O[C@@H]2O[C@H](CO)[C@@H](O)[C@H](O)[C@H]2O)OC=C(C(=O)OC)[C@H]1CC(=O)OC/C=C1\C(CC(=O)OC)C(C(=O)OC)=CO[C@H]1O[C@@H]1O[C@H](CO)[C@@H](O)[C@H](O)[C@H]1O. The minimum absolute atomic E-state index is 0.0450. The van der Waals surface area contributed by atoms with E-state index in [0.29, 0.717) is 0 Å². The highest BCUT2D eigenvalue weighted by Gasteiger charge is 2.49. The Morgan fingerprint density at radius 1 is 0.632 bits per heavy atom. The zero-order valence-corrected chi connectivity index (χ0v) is 31.2. The van der Waals surface area contributed by atoms with Gasteiger partial charge in [0.1, 0.15) is 55.4 Å².